The van der Waals surface area contributed by atoms with Crippen LogP contribution in [0.1, 0.15) is 25.0 Å². The number of ether oxygens (including phenoxy) is 1. The molecule has 3 nitrogen and oxygen atoms in total. The van der Waals surface area contributed by atoms with Crippen LogP contribution in [-0.4, -0.2) is 18.0 Å². The van der Waals surface area contributed by atoms with E-state index in [1.165, 1.54) is 11.1 Å². The molecule has 0 atom stereocenters. The van der Waals surface area contributed by atoms with Crippen molar-refractivity contribution in [3.05, 3.63) is 96.1 Å². The fourth-order valence-corrected chi connectivity index (χ4v) is 3.27. The first-order valence-corrected chi connectivity index (χ1v) is 9.82. The first-order chi connectivity index (χ1) is 13.5. The van der Waals surface area contributed by atoms with Gasteiger partial charge in [0.1, 0.15) is 11.5 Å². The van der Waals surface area contributed by atoms with Crippen LogP contribution in [0.4, 0.5) is 0 Å². The van der Waals surface area contributed by atoms with Crippen LogP contribution in [0.5, 0.6) is 11.5 Å². The van der Waals surface area contributed by atoms with Gasteiger partial charge in [-0.3, -0.25) is 4.90 Å². The highest BCUT2D eigenvalue weighted by Gasteiger charge is 2.20. The monoisotopic (exact) mass is 374 g/mol. The molecule has 0 unspecified atom stereocenters. The Morgan fingerprint density at radius 3 is 2.00 bits per heavy atom. The molecule has 2 N–H and O–H groups in total. The molecule has 0 bridgehead atoms. The fourth-order valence-electron chi connectivity index (χ4n) is 3.27. The highest BCUT2D eigenvalue weighted by molar-refractivity contribution is 5.34. The van der Waals surface area contributed by atoms with E-state index >= 15 is 0 Å². The lowest BCUT2D eigenvalue weighted by molar-refractivity contribution is 0.168. The zero-order chi connectivity index (χ0) is 19.8. The number of nitrogens with two attached hydrogens (primary N) is 1. The van der Waals surface area contributed by atoms with Crippen LogP contribution in [0.25, 0.3) is 0 Å². The van der Waals surface area contributed by atoms with Gasteiger partial charge in [-0.05, 0) is 47.4 Å². The smallest absolute Gasteiger partial charge is 0.127 e. The molecule has 3 heteroatoms. The molecule has 3 rings (SSSR count). The topological polar surface area (TPSA) is 38.5 Å². The van der Waals surface area contributed by atoms with Crippen LogP contribution in [0.2, 0.25) is 0 Å². The van der Waals surface area contributed by atoms with E-state index in [-0.39, 0.29) is 5.41 Å². The maximum absolute atomic E-state index is 6.00. The van der Waals surface area contributed by atoms with Crippen LogP contribution < -0.4 is 10.5 Å². The molecule has 0 saturated carbocycles. The lowest BCUT2D eigenvalue weighted by Crippen LogP contribution is -2.38. The van der Waals surface area contributed by atoms with E-state index in [9.17, 15) is 0 Å². The SMILES string of the molecule is CC(C)(CN)CN(Cc1ccccc1)Cc1cccc(Oc2ccccc2)c1. The number of benzene rings is 3. The standard InChI is InChI=1S/C25H30N2O/c1-25(2,19-26)20-27(17-21-10-5-3-6-11-21)18-22-12-9-15-24(16-22)28-23-13-7-4-8-14-23/h3-16H,17-20,26H2,1-2H3. The van der Waals surface area contributed by atoms with Gasteiger partial charge < -0.3 is 10.5 Å². The van der Waals surface area contributed by atoms with E-state index in [4.69, 9.17) is 10.5 Å². The van der Waals surface area contributed by atoms with Crippen LogP contribution in [-0.2, 0) is 13.1 Å². The van der Waals surface area contributed by atoms with Gasteiger partial charge in [0.25, 0.3) is 0 Å². The summed E-state index contributed by atoms with van der Waals surface area (Å²) in [5.41, 5.74) is 8.61. The van der Waals surface area contributed by atoms with E-state index in [0.29, 0.717) is 6.54 Å². The maximum atomic E-state index is 6.00. The Morgan fingerprint density at radius 1 is 0.750 bits per heavy atom. The van der Waals surface area contributed by atoms with E-state index in [2.05, 4.69) is 67.3 Å². The summed E-state index contributed by atoms with van der Waals surface area (Å²) in [5, 5.41) is 0. The normalized spacial score (nSPS) is 11.6. The van der Waals surface area contributed by atoms with E-state index in [0.717, 1.165) is 31.1 Å². The lowest BCUT2D eigenvalue weighted by Gasteiger charge is -2.32. The molecule has 0 heterocycles. The minimum absolute atomic E-state index is 0.0624. The van der Waals surface area contributed by atoms with Crippen LogP contribution in [0.3, 0.4) is 0 Å². The molecule has 0 aliphatic rings. The summed E-state index contributed by atoms with van der Waals surface area (Å²) in [6, 6.07) is 28.8. The van der Waals surface area contributed by atoms with Gasteiger partial charge in [-0.1, -0.05) is 74.5 Å². The molecular formula is C25H30N2O. The molecule has 0 spiro atoms. The first-order valence-electron chi connectivity index (χ1n) is 9.82. The predicted octanol–water partition coefficient (Wildman–Crippen LogP) is 5.47. The summed E-state index contributed by atoms with van der Waals surface area (Å²) in [6.45, 7) is 7.79. The van der Waals surface area contributed by atoms with Gasteiger partial charge in [-0.15, -0.1) is 0 Å². The Hall–Kier alpha value is -2.62. The Labute approximate surface area is 168 Å². The number of nitrogens with zero attached hydrogens (tertiary/aromatic N) is 1. The van der Waals surface area contributed by atoms with Crippen molar-refractivity contribution in [3.8, 4) is 11.5 Å². The third kappa shape index (κ3) is 6.22. The first kappa shape index (κ1) is 20.1. The molecule has 3 aromatic rings. The number of rotatable bonds is 9. The molecule has 0 saturated heterocycles. The van der Waals surface area contributed by atoms with Crippen LogP contribution in [0.15, 0.2) is 84.9 Å². The van der Waals surface area contributed by atoms with Crippen molar-refractivity contribution in [1.29, 1.82) is 0 Å². The minimum atomic E-state index is 0.0624. The molecular weight excluding hydrogens is 344 g/mol. The van der Waals surface area contributed by atoms with Crippen molar-refractivity contribution in [2.75, 3.05) is 13.1 Å². The Morgan fingerprint density at radius 2 is 1.32 bits per heavy atom. The lowest BCUT2D eigenvalue weighted by atomic mass is 9.92. The summed E-state index contributed by atoms with van der Waals surface area (Å²) in [4.78, 5) is 2.46. The Balaban J connectivity index is 1.74. The average Bonchev–Trinajstić information content (AvgIpc) is 2.69. The van der Waals surface area contributed by atoms with Crippen molar-refractivity contribution in [1.82, 2.24) is 4.90 Å². The number of hydrogen-bond donors (Lipinski definition) is 1. The Kier molecular flexibility index (Phi) is 6.85. The second-order valence-corrected chi connectivity index (χ2v) is 8.06. The molecule has 0 aromatic heterocycles. The molecule has 0 amide bonds. The van der Waals surface area contributed by atoms with E-state index in [1.54, 1.807) is 0 Å². The summed E-state index contributed by atoms with van der Waals surface area (Å²) < 4.78 is 6.00. The summed E-state index contributed by atoms with van der Waals surface area (Å²) in [6.07, 6.45) is 0. The van der Waals surface area contributed by atoms with Gasteiger partial charge >= 0.3 is 0 Å². The summed E-state index contributed by atoms with van der Waals surface area (Å²) in [5.74, 6) is 1.71. The van der Waals surface area contributed by atoms with Crippen molar-refractivity contribution in [3.63, 3.8) is 0 Å². The Bertz CT molecular complexity index is 847. The second-order valence-electron chi connectivity index (χ2n) is 8.06. The molecule has 0 radical (unpaired) electrons. The van der Waals surface area contributed by atoms with Gasteiger partial charge in [0.2, 0.25) is 0 Å². The minimum Gasteiger partial charge on any atom is -0.457 e. The van der Waals surface area contributed by atoms with Crippen LogP contribution >= 0.6 is 0 Å². The van der Waals surface area contributed by atoms with Gasteiger partial charge in [-0.25, -0.2) is 0 Å². The molecule has 28 heavy (non-hydrogen) atoms. The van der Waals surface area contributed by atoms with Gasteiger partial charge in [-0.2, -0.15) is 0 Å². The van der Waals surface area contributed by atoms with E-state index < -0.39 is 0 Å². The number of hydrogen-bond acceptors (Lipinski definition) is 3. The van der Waals surface area contributed by atoms with Crippen molar-refractivity contribution < 1.29 is 4.74 Å². The summed E-state index contributed by atoms with van der Waals surface area (Å²) in [7, 11) is 0. The largest absolute Gasteiger partial charge is 0.457 e. The second kappa shape index (κ2) is 9.54. The van der Waals surface area contributed by atoms with E-state index in [1.807, 2.05) is 36.4 Å². The van der Waals surface area contributed by atoms with Gasteiger partial charge in [0.05, 0.1) is 0 Å². The highest BCUT2D eigenvalue weighted by atomic mass is 16.5. The van der Waals surface area contributed by atoms with Crippen molar-refractivity contribution >= 4 is 0 Å². The number of para-hydroxylation sites is 1. The summed E-state index contributed by atoms with van der Waals surface area (Å²) >= 11 is 0. The molecule has 3 aromatic carbocycles. The fraction of sp³-hybridized carbons (Fsp3) is 0.280. The van der Waals surface area contributed by atoms with Crippen molar-refractivity contribution in [2.45, 2.75) is 26.9 Å². The molecule has 146 valence electrons. The zero-order valence-electron chi connectivity index (χ0n) is 16.8. The molecule has 0 fully saturated rings. The van der Waals surface area contributed by atoms with Crippen molar-refractivity contribution in [2.24, 2.45) is 11.1 Å². The molecule has 0 aliphatic carbocycles. The van der Waals surface area contributed by atoms with Crippen LogP contribution in [0, 0.1) is 5.41 Å². The maximum Gasteiger partial charge on any atom is 0.127 e. The highest BCUT2D eigenvalue weighted by Crippen LogP contribution is 2.24. The van der Waals surface area contributed by atoms with Gasteiger partial charge in [0, 0.05) is 19.6 Å². The third-order valence-electron chi connectivity index (χ3n) is 4.74. The third-order valence-corrected chi connectivity index (χ3v) is 4.74. The zero-order valence-corrected chi connectivity index (χ0v) is 16.8. The predicted molar refractivity (Wildman–Crippen MR) is 116 cm³/mol. The quantitative estimate of drug-likeness (QED) is 0.540. The van der Waals surface area contributed by atoms with Gasteiger partial charge in [0.15, 0.2) is 0 Å². The average molecular weight is 375 g/mol. The molecule has 0 aliphatic heterocycles.